The fourth-order valence-electron chi connectivity index (χ4n) is 4.90. The highest BCUT2D eigenvalue weighted by atomic mass is 16.3. The third-order valence-corrected chi connectivity index (χ3v) is 6.04. The standard InChI is InChI=1S/C19H21NO2/c1-4-12-6-7-15(21)13-10-14-16(22)8-9-18(3,11-20)19(14,5-2)17(12)13/h4,6-7,14,21H,1,5,8-10H2,2-3H3/t14-,18?,19+/m0/s1. The number of hydrogen-bond donors (Lipinski definition) is 1. The van der Waals surface area contributed by atoms with Crippen molar-refractivity contribution < 1.29 is 9.90 Å². The molecule has 0 amide bonds. The Kier molecular flexibility index (Phi) is 3.18. The van der Waals surface area contributed by atoms with Gasteiger partial charge in [-0.1, -0.05) is 25.6 Å². The molecular formula is C19H21NO2. The average molecular weight is 295 g/mol. The molecule has 0 aromatic heterocycles. The summed E-state index contributed by atoms with van der Waals surface area (Å²) >= 11 is 0. The van der Waals surface area contributed by atoms with Crippen LogP contribution in [0.5, 0.6) is 5.75 Å². The number of rotatable bonds is 2. The molecule has 0 bridgehead atoms. The molecule has 114 valence electrons. The molecule has 1 aromatic carbocycles. The van der Waals surface area contributed by atoms with E-state index in [1.807, 2.05) is 19.9 Å². The largest absolute Gasteiger partial charge is 0.508 e. The molecule has 0 spiro atoms. The fraction of sp³-hybridized carbons (Fsp3) is 0.474. The summed E-state index contributed by atoms with van der Waals surface area (Å²) in [4.78, 5) is 12.6. The fourth-order valence-corrected chi connectivity index (χ4v) is 4.90. The molecule has 1 N–H and O–H groups in total. The summed E-state index contributed by atoms with van der Waals surface area (Å²) in [6, 6.07) is 6.02. The molecule has 1 unspecified atom stereocenters. The van der Waals surface area contributed by atoms with Crippen LogP contribution in [0.1, 0.15) is 49.8 Å². The van der Waals surface area contributed by atoms with Gasteiger partial charge in [-0.2, -0.15) is 5.26 Å². The number of fused-ring (bicyclic) bond motifs is 3. The van der Waals surface area contributed by atoms with E-state index in [4.69, 9.17) is 0 Å². The molecule has 0 saturated heterocycles. The lowest BCUT2D eigenvalue weighted by Gasteiger charge is -2.49. The van der Waals surface area contributed by atoms with E-state index in [9.17, 15) is 15.2 Å². The summed E-state index contributed by atoms with van der Waals surface area (Å²) in [6.45, 7) is 7.91. The van der Waals surface area contributed by atoms with Crippen molar-refractivity contribution in [3.63, 3.8) is 0 Å². The summed E-state index contributed by atoms with van der Waals surface area (Å²) in [5, 5.41) is 20.2. The lowest BCUT2D eigenvalue weighted by Crippen LogP contribution is -2.52. The summed E-state index contributed by atoms with van der Waals surface area (Å²) in [7, 11) is 0. The topological polar surface area (TPSA) is 61.1 Å². The second kappa shape index (κ2) is 4.71. The normalized spacial score (nSPS) is 33.0. The van der Waals surface area contributed by atoms with Gasteiger partial charge in [0, 0.05) is 17.8 Å². The van der Waals surface area contributed by atoms with Crippen molar-refractivity contribution in [2.75, 3.05) is 0 Å². The monoisotopic (exact) mass is 295 g/mol. The van der Waals surface area contributed by atoms with Gasteiger partial charge in [-0.05, 0) is 48.9 Å². The number of nitriles is 1. The van der Waals surface area contributed by atoms with E-state index in [-0.39, 0.29) is 17.5 Å². The van der Waals surface area contributed by atoms with Gasteiger partial charge < -0.3 is 5.11 Å². The van der Waals surface area contributed by atoms with E-state index in [0.717, 1.165) is 16.7 Å². The number of aromatic hydroxyl groups is 1. The number of ketones is 1. The third kappa shape index (κ3) is 1.53. The highest BCUT2D eigenvalue weighted by Gasteiger charge is 2.62. The Morgan fingerprint density at radius 1 is 1.55 bits per heavy atom. The van der Waals surface area contributed by atoms with Crippen LogP contribution in [0.25, 0.3) is 6.08 Å². The average Bonchev–Trinajstić information content (AvgIpc) is 2.90. The molecule has 3 rings (SSSR count). The van der Waals surface area contributed by atoms with Crippen LogP contribution in [0.15, 0.2) is 18.7 Å². The number of nitrogens with zero attached hydrogens (tertiary/aromatic N) is 1. The molecule has 2 aliphatic carbocycles. The summed E-state index contributed by atoms with van der Waals surface area (Å²) in [5.74, 6) is 0.244. The second-order valence-corrected chi connectivity index (χ2v) is 6.72. The minimum atomic E-state index is -0.600. The Morgan fingerprint density at radius 3 is 2.86 bits per heavy atom. The highest BCUT2D eigenvalue weighted by molar-refractivity contribution is 5.87. The first kappa shape index (κ1) is 14.8. The van der Waals surface area contributed by atoms with Crippen molar-refractivity contribution in [3.05, 3.63) is 35.4 Å². The van der Waals surface area contributed by atoms with Crippen molar-refractivity contribution >= 4 is 11.9 Å². The maximum absolute atomic E-state index is 12.6. The number of carbonyl (C=O) groups excluding carboxylic acids is 1. The van der Waals surface area contributed by atoms with Gasteiger partial charge in [0.1, 0.15) is 11.5 Å². The zero-order valence-electron chi connectivity index (χ0n) is 13.1. The van der Waals surface area contributed by atoms with Crippen molar-refractivity contribution in [2.24, 2.45) is 11.3 Å². The van der Waals surface area contributed by atoms with E-state index in [1.54, 1.807) is 12.1 Å². The Balaban J connectivity index is 2.40. The van der Waals surface area contributed by atoms with Gasteiger partial charge in [0.05, 0.1) is 11.5 Å². The first-order valence-electron chi connectivity index (χ1n) is 7.87. The first-order valence-corrected chi connectivity index (χ1v) is 7.87. The van der Waals surface area contributed by atoms with E-state index in [2.05, 4.69) is 12.6 Å². The molecule has 0 aliphatic heterocycles. The van der Waals surface area contributed by atoms with Crippen molar-refractivity contribution in [1.29, 1.82) is 5.26 Å². The van der Waals surface area contributed by atoms with E-state index in [0.29, 0.717) is 25.7 Å². The lowest BCUT2D eigenvalue weighted by molar-refractivity contribution is -0.131. The summed E-state index contributed by atoms with van der Waals surface area (Å²) < 4.78 is 0. The van der Waals surface area contributed by atoms with Gasteiger partial charge >= 0.3 is 0 Å². The number of benzene rings is 1. The van der Waals surface area contributed by atoms with Gasteiger partial charge in [-0.15, -0.1) is 0 Å². The number of hydrogen-bond acceptors (Lipinski definition) is 3. The van der Waals surface area contributed by atoms with E-state index < -0.39 is 10.8 Å². The van der Waals surface area contributed by atoms with Crippen LogP contribution >= 0.6 is 0 Å². The van der Waals surface area contributed by atoms with Gasteiger partial charge in [-0.3, -0.25) is 4.79 Å². The highest BCUT2D eigenvalue weighted by Crippen LogP contribution is 2.62. The van der Waals surface area contributed by atoms with Gasteiger partial charge in [0.25, 0.3) is 0 Å². The second-order valence-electron chi connectivity index (χ2n) is 6.72. The number of Topliss-reactive ketones (excluding diaryl/α,β-unsaturated/α-hetero) is 1. The number of phenols is 1. The molecule has 1 aromatic rings. The van der Waals surface area contributed by atoms with Crippen LogP contribution in [-0.2, 0) is 16.6 Å². The number of phenolic OH excluding ortho intramolecular Hbond substituents is 1. The SMILES string of the molecule is C=Cc1ccc(O)c2c1[C@@]1(CC)[C@@H](C2)C(=O)CCC1(C)C#N. The molecule has 0 radical (unpaired) electrons. The molecule has 2 aliphatic rings. The van der Waals surface area contributed by atoms with Crippen molar-refractivity contribution in [3.8, 4) is 11.8 Å². The van der Waals surface area contributed by atoms with E-state index >= 15 is 0 Å². The molecule has 3 atom stereocenters. The number of carbonyl (C=O) groups is 1. The molecule has 22 heavy (non-hydrogen) atoms. The summed E-state index contributed by atoms with van der Waals surface area (Å²) in [6.07, 6.45) is 4.06. The Labute approximate surface area is 131 Å². The lowest BCUT2D eigenvalue weighted by atomic mass is 9.50. The molecule has 1 saturated carbocycles. The predicted octanol–water partition coefficient (Wildman–Crippen LogP) is 3.75. The molecule has 3 heteroatoms. The first-order chi connectivity index (χ1) is 10.4. The zero-order valence-corrected chi connectivity index (χ0v) is 13.1. The van der Waals surface area contributed by atoms with Gasteiger partial charge in [-0.25, -0.2) is 0 Å². The predicted molar refractivity (Wildman–Crippen MR) is 85.3 cm³/mol. The maximum atomic E-state index is 12.6. The maximum Gasteiger partial charge on any atom is 0.137 e. The van der Waals surface area contributed by atoms with Crippen LogP contribution < -0.4 is 0 Å². The molecular weight excluding hydrogens is 274 g/mol. The Bertz CT molecular complexity index is 715. The van der Waals surface area contributed by atoms with Crippen LogP contribution in [0.2, 0.25) is 0 Å². The molecule has 1 fully saturated rings. The Hall–Kier alpha value is -2.08. The summed E-state index contributed by atoms with van der Waals surface area (Å²) in [5.41, 5.74) is 1.63. The van der Waals surface area contributed by atoms with Crippen LogP contribution in [0.4, 0.5) is 0 Å². The quantitative estimate of drug-likeness (QED) is 0.904. The van der Waals surface area contributed by atoms with Crippen molar-refractivity contribution in [1.82, 2.24) is 0 Å². The minimum Gasteiger partial charge on any atom is -0.508 e. The van der Waals surface area contributed by atoms with Crippen molar-refractivity contribution in [2.45, 2.75) is 44.9 Å². The van der Waals surface area contributed by atoms with Crippen LogP contribution in [-0.4, -0.2) is 10.9 Å². The molecule has 0 heterocycles. The zero-order chi connectivity index (χ0) is 16.1. The van der Waals surface area contributed by atoms with Gasteiger partial charge in [0.15, 0.2) is 0 Å². The van der Waals surface area contributed by atoms with Gasteiger partial charge in [0.2, 0.25) is 0 Å². The van der Waals surface area contributed by atoms with Crippen LogP contribution in [0, 0.1) is 22.7 Å². The minimum absolute atomic E-state index is 0.210. The third-order valence-electron chi connectivity index (χ3n) is 6.04. The van der Waals surface area contributed by atoms with Crippen LogP contribution in [0.3, 0.4) is 0 Å². The molecule has 3 nitrogen and oxygen atoms in total. The Morgan fingerprint density at radius 2 is 2.27 bits per heavy atom. The van der Waals surface area contributed by atoms with E-state index in [1.165, 1.54) is 0 Å². The smallest absolute Gasteiger partial charge is 0.137 e.